The molecule has 146 valence electrons. The predicted octanol–water partition coefficient (Wildman–Crippen LogP) is 2.32. The molecule has 3 heterocycles. The molecule has 1 N–H and O–H groups in total. The van der Waals surface area contributed by atoms with Crippen LogP contribution in [0.25, 0.3) is 5.82 Å². The maximum atomic E-state index is 5.30. The van der Waals surface area contributed by atoms with E-state index in [1.807, 2.05) is 30.8 Å². The van der Waals surface area contributed by atoms with Gasteiger partial charge in [-0.3, -0.25) is 0 Å². The zero-order valence-corrected chi connectivity index (χ0v) is 16.8. The number of ether oxygens (including phenoxy) is 1. The van der Waals surface area contributed by atoms with Crippen molar-refractivity contribution in [2.45, 2.75) is 33.7 Å². The minimum absolute atomic E-state index is 0.584. The van der Waals surface area contributed by atoms with E-state index in [4.69, 9.17) is 9.73 Å². The Morgan fingerprint density at radius 1 is 1.37 bits per heavy atom. The number of hydrogen-bond donors (Lipinski definition) is 1. The molecule has 1 saturated heterocycles. The van der Waals surface area contributed by atoms with Gasteiger partial charge in [-0.15, -0.1) is 0 Å². The van der Waals surface area contributed by atoms with E-state index in [2.05, 4.69) is 39.4 Å². The van der Waals surface area contributed by atoms with Crippen LogP contribution >= 0.6 is 0 Å². The highest BCUT2D eigenvalue weighted by atomic mass is 16.5. The average molecular weight is 371 g/mol. The summed E-state index contributed by atoms with van der Waals surface area (Å²) in [5.41, 5.74) is 3.17. The maximum Gasteiger partial charge on any atom is 0.194 e. The molecule has 0 bridgehead atoms. The van der Waals surface area contributed by atoms with Crippen LogP contribution in [0.4, 0.5) is 0 Å². The fraction of sp³-hybridized carbons (Fsp3) is 0.550. The molecule has 0 aliphatic carbocycles. The SMILES string of the molecule is CCNC(=NCc1ccc(-n2nc(C)cc2C)nc1)N1CCC(COC)C1. The molecule has 7 nitrogen and oxygen atoms in total. The predicted molar refractivity (Wildman–Crippen MR) is 107 cm³/mol. The molecular weight excluding hydrogens is 340 g/mol. The van der Waals surface area contributed by atoms with Crippen molar-refractivity contribution in [3.05, 3.63) is 41.3 Å². The molecule has 2 aromatic heterocycles. The fourth-order valence-electron chi connectivity index (χ4n) is 3.49. The van der Waals surface area contributed by atoms with Gasteiger partial charge in [0.05, 0.1) is 18.8 Å². The Labute approximate surface area is 161 Å². The van der Waals surface area contributed by atoms with E-state index in [0.717, 1.165) is 61.4 Å². The largest absolute Gasteiger partial charge is 0.384 e. The number of nitrogens with zero attached hydrogens (tertiary/aromatic N) is 5. The van der Waals surface area contributed by atoms with E-state index in [-0.39, 0.29) is 0 Å². The monoisotopic (exact) mass is 370 g/mol. The van der Waals surface area contributed by atoms with E-state index in [1.165, 1.54) is 0 Å². The van der Waals surface area contributed by atoms with E-state index >= 15 is 0 Å². The van der Waals surface area contributed by atoms with Gasteiger partial charge in [0.15, 0.2) is 11.8 Å². The third-order valence-electron chi connectivity index (χ3n) is 4.77. The van der Waals surface area contributed by atoms with Crippen molar-refractivity contribution < 1.29 is 4.74 Å². The molecule has 0 spiro atoms. The Morgan fingerprint density at radius 2 is 2.22 bits per heavy atom. The molecule has 1 aliphatic rings. The number of aliphatic imine (C=N–C) groups is 1. The number of pyridine rings is 1. The summed E-state index contributed by atoms with van der Waals surface area (Å²) in [5, 5.41) is 7.89. The highest BCUT2D eigenvalue weighted by molar-refractivity contribution is 5.80. The first-order valence-electron chi connectivity index (χ1n) is 9.61. The second kappa shape index (κ2) is 8.99. The maximum absolute atomic E-state index is 5.30. The lowest BCUT2D eigenvalue weighted by molar-refractivity contribution is 0.157. The van der Waals surface area contributed by atoms with Crippen LogP contribution in [0.1, 0.15) is 30.3 Å². The van der Waals surface area contributed by atoms with Gasteiger partial charge < -0.3 is 15.0 Å². The van der Waals surface area contributed by atoms with Gasteiger partial charge in [-0.25, -0.2) is 14.7 Å². The minimum Gasteiger partial charge on any atom is -0.384 e. The molecule has 0 amide bonds. The third-order valence-corrected chi connectivity index (χ3v) is 4.77. The van der Waals surface area contributed by atoms with Gasteiger partial charge in [0, 0.05) is 44.6 Å². The number of aromatic nitrogens is 3. The van der Waals surface area contributed by atoms with Crippen LogP contribution in [0.2, 0.25) is 0 Å². The highest BCUT2D eigenvalue weighted by Gasteiger charge is 2.24. The lowest BCUT2D eigenvalue weighted by Gasteiger charge is -2.21. The molecule has 0 saturated carbocycles. The van der Waals surface area contributed by atoms with Crippen molar-refractivity contribution in [1.82, 2.24) is 25.0 Å². The van der Waals surface area contributed by atoms with Crippen molar-refractivity contribution in [2.75, 3.05) is 33.4 Å². The number of aryl methyl sites for hydroxylation is 2. The van der Waals surface area contributed by atoms with Crippen molar-refractivity contribution in [3.63, 3.8) is 0 Å². The first kappa shape index (κ1) is 19.4. The van der Waals surface area contributed by atoms with Gasteiger partial charge >= 0.3 is 0 Å². The van der Waals surface area contributed by atoms with Crippen LogP contribution in [0.15, 0.2) is 29.4 Å². The molecule has 1 atom stereocenters. The number of rotatable bonds is 6. The summed E-state index contributed by atoms with van der Waals surface area (Å²) in [4.78, 5) is 11.7. The highest BCUT2D eigenvalue weighted by Crippen LogP contribution is 2.17. The molecule has 3 rings (SSSR count). The van der Waals surface area contributed by atoms with E-state index < -0.39 is 0 Å². The normalized spacial score (nSPS) is 17.6. The van der Waals surface area contributed by atoms with E-state index in [1.54, 1.807) is 7.11 Å². The topological polar surface area (TPSA) is 67.6 Å². The summed E-state index contributed by atoms with van der Waals surface area (Å²) in [5.74, 6) is 2.39. The van der Waals surface area contributed by atoms with Crippen LogP contribution in [0, 0.1) is 19.8 Å². The molecule has 27 heavy (non-hydrogen) atoms. The standard InChI is InChI=1S/C20H30N6O/c1-5-21-20(25-9-8-18(13-25)14-27-4)23-12-17-6-7-19(22-11-17)26-16(3)10-15(2)24-26/h6-7,10-11,18H,5,8-9,12-14H2,1-4H3,(H,21,23). The second-order valence-corrected chi connectivity index (χ2v) is 7.09. The number of likely N-dealkylation sites (tertiary alicyclic amines) is 1. The molecule has 1 aliphatic heterocycles. The van der Waals surface area contributed by atoms with Gasteiger partial charge in [0.2, 0.25) is 0 Å². The van der Waals surface area contributed by atoms with Crippen LogP contribution in [0.5, 0.6) is 0 Å². The Hall–Kier alpha value is -2.41. The van der Waals surface area contributed by atoms with Crippen molar-refractivity contribution in [3.8, 4) is 5.82 Å². The molecular formula is C20H30N6O. The number of nitrogens with one attached hydrogen (secondary N) is 1. The van der Waals surface area contributed by atoms with Crippen LogP contribution in [0.3, 0.4) is 0 Å². The van der Waals surface area contributed by atoms with Gasteiger partial charge in [0.25, 0.3) is 0 Å². The summed E-state index contributed by atoms with van der Waals surface area (Å²) in [7, 11) is 1.77. The fourth-order valence-corrected chi connectivity index (χ4v) is 3.49. The zero-order valence-electron chi connectivity index (χ0n) is 16.8. The lowest BCUT2D eigenvalue weighted by Crippen LogP contribution is -2.40. The molecule has 1 unspecified atom stereocenters. The van der Waals surface area contributed by atoms with Crippen LogP contribution in [-0.2, 0) is 11.3 Å². The number of guanidine groups is 1. The van der Waals surface area contributed by atoms with E-state index in [9.17, 15) is 0 Å². The van der Waals surface area contributed by atoms with E-state index in [0.29, 0.717) is 12.5 Å². The van der Waals surface area contributed by atoms with Crippen LogP contribution in [-0.4, -0.2) is 59.0 Å². The summed E-state index contributed by atoms with van der Waals surface area (Å²) in [6.07, 6.45) is 3.04. The number of methoxy groups -OCH3 is 1. The van der Waals surface area contributed by atoms with Crippen molar-refractivity contribution in [1.29, 1.82) is 0 Å². The van der Waals surface area contributed by atoms with Crippen LogP contribution < -0.4 is 5.32 Å². The van der Waals surface area contributed by atoms with Gasteiger partial charge in [-0.05, 0) is 44.9 Å². The molecule has 1 fully saturated rings. The van der Waals surface area contributed by atoms with Gasteiger partial charge in [0.1, 0.15) is 0 Å². The van der Waals surface area contributed by atoms with Gasteiger partial charge in [-0.1, -0.05) is 6.07 Å². The molecule has 2 aromatic rings. The molecule has 7 heteroatoms. The molecule has 0 aromatic carbocycles. The molecule has 0 radical (unpaired) electrons. The zero-order chi connectivity index (χ0) is 19.2. The Balaban J connectivity index is 1.66. The Morgan fingerprint density at radius 3 is 2.85 bits per heavy atom. The quantitative estimate of drug-likeness (QED) is 0.624. The smallest absolute Gasteiger partial charge is 0.194 e. The first-order chi connectivity index (χ1) is 13.1. The number of hydrogen-bond acceptors (Lipinski definition) is 4. The third kappa shape index (κ3) is 4.86. The Bertz CT molecular complexity index is 767. The average Bonchev–Trinajstić information content (AvgIpc) is 3.25. The Kier molecular flexibility index (Phi) is 6.45. The van der Waals surface area contributed by atoms with Crippen molar-refractivity contribution >= 4 is 5.96 Å². The lowest BCUT2D eigenvalue weighted by atomic mass is 10.1. The van der Waals surface area contributed by atoms with Crippen molar-refractivity contribution in [2.24, 2.45) is 10.9 Å². The summed E-state index contributed by atoms with van der Waals surface area (Å²) >= 11 is 0. The first-order valence-corrected chi connectivity index (χ1v) is 9.61. The summed E-state index contributed by atoms with van der Waals surface area (Å²) in [6, 6.07) is 6.13. The minimum atomic E-state index is 0.584. The summed E-state index contributed by atoms with van der Waals surface area (Å²) in [6.45, 7) is 10.4. The second-order valence-electron chi connectivity index (χ2n) is 7.09. The van der Waals surface area contributed by atoms with Gasteiger partial charge in [-0.2, -0.15) is 5.10 Å². The summed E-state index contributed by atoms with van der Waals surface area (Å²) < 4.78 is 7.17.